The van der Waals surface area contributed by atoms with Gasteiger partial charge in [0, 0.05) is 39.4 Å². The summed E-state index contributed by atoms with van der Waals surface area (Å²) in [4.78, 5) is 2.22. The van der Waals surface area contributed by atoms with Crippen molar-refractivity contribution in [2.45, 2.75) is 24.8 Å². The predicted octanol–water partition coefficient (Wildman–Crippen LogP) is 10.3. The molecule has 5 aromatic carbocycles. The highest BCUT2D eigenvalue weighted by atomic mass is 15.2. The van der Waals surface area contributed by atoms with Crippen molar-refractivity contribution >= 4 is 28.4 Å². The van der Waals surface area contributed by atoms with Gasteiger partial charge in [-0.05, 0) is 83.6 Å². The molecule has 0 spiro atoms. The van der Waals surface area contributed by atoms with Crippen LogP contribution in [0.25, 0.3) is 44.9 Å². The summed E-state index contributed by atoms with van der Waals surface area (Å²) in [6.07, 6.45) is 12.4. The molecule has 5 nitrogen and oxygen atoms in total. The van der Waals surface area contributed by atoms with E-state index in [1.165, 1.54) is 16.6 Å². The number of nitrogens with zero attached hydrogens (tertiary/aromatic N) is 5. The summed E-state index contributed by atoms with van der Waals surface area (Å²) in [7, 11) is 0. The van der Waals surface area contributed by atoms with E-state index in [0.29, 0.717) is 16.7 Å². The van der Waals surface area contributed by atoms with Gasteiger partial charge in [-0.3, -0.25) is 0 Å². The minimum absolute atomic E-state index is 0.0119. The van der Waals surface area contributed by atoms with E-state index in [4.69, 9.17) is 0 Å². The number of para-hydroxylation sites is 3. The number of allylic oxidation sites excluding steroid dienone is 3. The third kappa shape index (κ3) is 4.37. The monoisotopic (exact) mass is 639 g/mol. The van der Waals surface area contributed by atoms with Crippen molar-refractivity contribution in [2.75, 3.05) is 4.90 Å². The van der Waals surface area contributed by atoms with E-state index in [-0.39, 0.29) is 12.0 Å². The maximum absolute atomic E-state index is 10.6. The summed E-state index contributed by atoms with van der Waals surface area (Å²) < 4.78 is 2.34. The lowest BCUT2D eigenvalue weighted by Gasteiger charge is -2.30. The topological polar surface area (TPSA) is 79.5 Å². The highest BCUT2D eigenvalue weighted by Gasteiger charge is 2.39. The molecule has 5 heteroatoms. The lowest BCUT2D eigenvalue weighted by atomic mass is 9.88. The second-order valence-corrected chi connectivity index (χ2v) is 12.9. The zero-order chi connectivity index (χ0) is 33.8. The molecule has 0 saturated heterocycles. The number of fused-ring (bicyclic) bond motifs is 6. The molecule has 0 fully saturated rings. The van der Waals surface area contributed by atoms with Crippen molar-refractivity contribution < 1.29 is 0 Å². The van der Waals surface area contributed by atoms with Crippen LogP contribution >= 0.6 is 0 Å². The highest BCUT2D eigenvalue weighted by Crippen LogP contribution is 2.50. The Morgan fingerprint density at radius 2 is 1.44 bits per heavy atom. The Bertz CT molecular complexity index is 2610. The van der Waals surface area contributed by atoms with Crippen LogP contribution in [-0.4, -0.2) is 10.6 Å². The van der Waals surface area contributed by atoms with E-state index < -0.39 is 0 Å². The molecular formula is C45H29N5. The maximum atomic E-state index is 10.6. The number of anilines is 2. The van der Waals surface area contributed by atoms with Crippen LogP contribution in [0.15, 0.2) is 139 Å². The van der Waals surface area contributed by atoms with Crippen LogP contribution in [-0.2, 0) is 6.42 Å². The van der Waals surface area contributed by atoms with Crippen LogP contribution < -0.4 is 4.90 Å². The third-order valence-electron chi connectivity index (χ3n) is 10.3. The number of benzene rings is 5. The zero-order valence-electron chi connectivity index (χ0n) is 27.1. The van der Waals surface area contributed by atoms with Crippen LogP contribution in [0, 0.1) is 34.0 Å². The largest absolute Gasteiger partial charge is 0.332 e. The number of rotatable bonds is 4. The summed E-state index contributed by atoms with van der Waals surface area (Å²) in [5.41, 5.74) is 12.9. The molecule has 9 rings (SSSR count). The molecule has 2 aliphatic carbocycles. The lowest BCUT2D eigenvalue weighted by Crippen LogP contribution is -2.29. The van der Waals surface area contributed by atoms with Crippen molar-refractivity contribution in [3.05, 3.63) is 167 Å². The number of hydrogen-bond donors (Lipinski definition) is 0. The normalized spacial score (nSPS) is 16.9. The van der Waals surface area contributed by atoms with Crippen molar-refractivity contribution in [2.24, 2.45) is 0 Å². The van der Waals surface area contributed by atoms with Gasteiger partial charge < -0.3 is 9.47 Å². The second kappa shape index (κ2) is 11.7. The molecule has 1 aliphatic heterocycles. The van der Waals surface area contributed by atoms with Gasteiger partial charge in [-0.25, -0.2) is 0 Å². The van der Waals surface area contributed by atoms with E-state index in [1.807, 2.05) is 60.7 Å². The number of aryl methyl sites for hydroxylation is 1. The molecule has 0 radical (unpaired) electrons. The van der Waals surface area contributed by atoms with E-state index >= 15 is 0 Å². The van der Waals surface area contributed by atoms with Gasteiger partial charge in [-0.15, -0.1) is 0 Å². The molecule has 0 amide bonds. The fourth-order valence-corrected chi connectivity index (χ4v) is 8.21. The van der Waals surface area contributed by atoms with Gasteiger partial charge in [0.1, 0.15) is 6.07 Å². The predicted molar refractivity (Wildman–Crippen MR) is 199 cm³/mol. The van der Waals surface area contributed by atoms with Crippen LogP contribution in [0.5, 0.6) is 0 Å². The van der Waals surface area contributed by atoms with Gasteiger partial charge in [-0.1, -0.05) is 91.0 Å². The molecule has 1 aromatic heterocycles. The average molecular weight is 640 g/mol. The van der Waals surface area contributed by atoms with Gasteiger partial charge in [0.2, 0.25) is 0 Å². The first-order valence-corrected chi connectivity index (χ1v) is 16.8. The molecule has 50 heavy (non-hydrogen) atoms. The smallest absolute Gasteiger partial charge is 0.101 e. The highest BCUT2D eigenvalue weighted by molar-refractivity contribution is 5.96. The first kappa shape index (κ1) is 29.3. The van der Waals surface area contributed by atoms with Gasteiger partial charge in [0.25, 0.3) is 0 Å². The Labute approximate surface area is 290 Å². The summed E-state index contributed by atoms with van der Waals surface area (Å²) in [5, 5.41) is 32.0. The Morgan fingerprint density at radius 1 is 0.660 bits per heavy atom. The number of aromatic nitrogens is 1. The zero-order valence-corrected chi connectivity index (χ0v) is 27.1. The quantitative estimate of drug-likeness (QED) is 0.192. The molecule has 2 atom stereocenters. The molecule has 234 valence electrons. The Hall–Kier alpha value is -6.87. The molecule has 0 saturated carbocycles. The standard InChI is InChI=1S/C45H29N5/c46-26-29-20-22-44-38(24-29)36-13-3-7-18-42(36)49(44)39-23-21-30(25-32(39)28-48)33-15-9-10-31(27-47)45(33)37-14-4-8-19-43(37)50-40-16-5-1-11-34(40)35-12-2-6-17-41(35)50/h1,3-11,13-25,38,44H,2,12H2. The van der Waals surface area contributed by atoms with Crippen molar-refractivity contribution in [3.63, 3.8) is 0 Å². The van der Waals surface area contributed by atoms with Crippen molar-refractivity contribution in [1.29, 1.82) is 15.8 Å². The van der Waals surface area contributed by atoms with Crippen LogP contribution in [0.1, 0.15) is 40.3 Å². The molecule has 2 unspecified atom stereocenters. The summed E-state index contributed by atoms with van der Waals surface area (Å²) >= 11 is 0. The molecule has 0 bridgehead atoms. The summed E-state index contributed by atoms with van der Waals surface area (Å²) in [6, 6.07) is 44.2. The van der Waals surface area contributed by atoms with Gasteiger partial charge in [0.15, 0.2) is 0 Å². The molecule has 3 aliphatic rings. The Morgan fingerprint density at radius 3 is 2.30 bits per heavy atom. The SMILES string of the molecule is N#CC1=CC2c3ccccc3N(c3ccc(-c4cccc(C#N)c4-c4ccccc4-n4c5c(c6ccccc64)CCC=C5)cc3C#N)C2C=C1. The molecular weight excluding hydrogens is 611 g/mol. The first-order chi connectivity index (χ1) is 24.7. The molecule has 6 aromatic rings. The summed E-state index contributed by atoms with van der Waals surface area (Å²) in [6.45, 7) is 0. The Kier molecular flexibility index (Phi) is 6.84. The van der Waals surface area contributed by atoms with E-state index in [1.54, 1.807) is 0 Å². The van der Waals surface area contributed by atoms with Crippen LogP contribution in [0.4, 0.5) is 11.4 Å². The average Bonchev–Trinajstić information content (AvgIpc) is 3.69. The minimum atomic E-state index is -0.0526. The third-order valence-corrected chi connectivity index (χ3v) is 10.3. The first-order valence-electron chi connectivity index (χ1n) is 16.8. The van der Waals surface area contributed by atoms with Gasteiger partial charge in [-0.2, -0.15) is 15.8 Å². The van der Waals surface area contributed by atoms with E-state index in [0.717, 1.165) is 63.2 Å². The number of hydrogen-bond acceptors (Lipinski definition) is 4. The molecule has 2 heterocycles. The second-order valence-electron chi connectivity index (χ2n) is 12.9. The number of nitriles is 3. The maximum Gasteiger partial charge on any atom is 0.101 e. The van der Waals surface area contributed by atoms with Crippen molar-refractivity contribution in [3.8, 4) is 46.1 Å². The fourth-order valence-electron chi connectivity index (χ4n) is 8.21. The molecule has 0 N–H and O–H groups in total. The van der Waals surface area contributed by atoms with Gasteiger partial charge >= 0.3 is 0 Å². The lowest BCUT2D eigenvalue weighted by molar-refractivity contribution is 0.741. The van der Waals surface area contributed by atoms with Crippen LogP contribution in [0.2, 0.25) is 0 Å². The van der Waals surface area contributed by atoms with Crippen molar-refractivity contribution in [1.82, 2.24) is 4.57 Å². The minimum Gasteiger partial charge on any atom is -0.332 e. The van der Waals surface area contributed by atoms with Crippen LogP contribution in [0.3, 0.4) is 0 Å². The van der Waals surface area contributed by atoms with E-state index in [9.17, 15) is 15.8 Å². The summed E-state index contributed by atoms with van der Waals surface area (Å²) in [5.74, 6) is 0.0119. The van der Waals surface area contributed by atoms with Gasteiger partial charge in [0.05, 0.1) is 46.2 Å². The fraction of sp³-hybridized carbons (Fsp3) is 0.0889. The van der Waals surface area contributed by atoms with E-state index in [2.05, 4.69) is 107 Å². The Balaban J connectivity index is 1.22.